The second kappa shape index (κ2) is 16.4. The van der Waals surface area contributed by atoms with Crippen LogP contribution >= 0.6 is 34.8 Å². The molecule has 0 fully saturated rings. The van der Waals surface area contributed by atoms with Gasteiger partial charge in [-0.15, -0.1) is 26.3 Å². The number of nitrogens with one attached hydrogen (secondary N) is 1. The summed E-state index contributed by atoms with van der Waals surface area (Å²) in [6, 6.07) is 12.3. The number of anilines is 1. The first-order valence-corrected chi connectivity index (χ1v) is 10.8. The van der Waals surface area contributed by atoms with Gasteiger partial charge in [-0.2, -0.15) is 0 Å². The largest absolute Gasteiger partial charge is 1.00 e. The van der Waals surface area contributed by atoms with Crippen molar-refractivity contribution in [1.29, 1.82) is 0 Å². The molecule has 9 heteroatoms. The van der Waals surface area contributed by atoms with Gasteiger partial charge >= 0.3 is 29.6 Å². The first-order valence-electron chi connectivity index (χ1n) is 9.65. The van der Waals surface area contributed by atoms with Crippen LogP contribution in [0, 0.1) is 19.3 Å². The van der Waals surface area contributed by atoms with Gasteiger partial charge in [0.2, 0.25) is 5.91 Å². The average molecular weight is 543 g/mol. The number of rotatable bonds is 5. The molecule has 1 amide bonds. The van der Waals surface area contributed by atoms with E-state index in [1.54, 1.807) is 18.2 Å². The van der Waals surface area contributed by atoms with Gasteiger partial charge in [-0.1, -0.05) is 46.9 Å². The monoisotopic (exact) mass is 541 g/mol. The minimum Gasteiger partial charge on any atom is -0.454 e. The van der Waals surface area contributed by atoms with Crippen LogP contribution < -0.4 is 39.6 Å². The number of halogens is 4. The van der Waals surface area contributed by atoms with Crippen LogP contribution in [0.2, 0.25) is 15.1 Å². The van der Waals surface area contributed by atoms with Crippen LogP contribution in [0.25, 0.3) is 4.85 Å². The third-order valence-electron chi connectivity index (χ3n) is 4.08. The fraction of sp³-hybridized carbons (Fsp3) is 0.0769. The van der Waals surface area contributed by atoms with Crippen LogP contribution in [0.5, 0.6) is 11.5 Å². The maximum Gasteiger partial charge on any atom is 1.00 e. The van der Waals surface area contributed by atoms with Crippen molar-refractivity contribution in [3.63, 3.8) is 0 Å². The summed E-state index contributed by atoms with van der Waals surface area (Å²) in [6.07, 6.45) is -0.258. The molecule has 0 aliphatic carbocycles. The molecule has 3 aromatic carbocycles. The molecular weight excluding hydrogens is 521 g/mol. The number of hydrogen-bond donors (Lipinski definition) is 1. The van der Waals surface area contributed by atoms with Crippen molar-refractivity contribution in [2.24, 2.45) is 0 Å². The number of amides is 1. The number of hydrogen-bond acceptors (Lipinski definition) is 2. The summed E-state index contributed by atoms with van der Waals surface area (Å²) in [6.45, 7) is 21.0. The van der Waals surface area contributed by atoms with Crippen LogP contribution in [-0.4, -0.2) is 5.91 Å². The maximum absolute atomic E-state index is 15.0. The number of aryl methyl sites for hydroxylation is 1. The van der Waals surface area contributed by atoms with Gasteiger partial charge in [0.1, 0.15) is 5.75 Å². The molecule has 3 rings (SSSR count). The molecule has 0 heterocycles. The number of nitrogens with zero attached hydrogens (tertiary/aromatic N) is 1. The molecule has 0 atom stereocenters. The molecule has 4 nitrogen and oxygen atoms in total. The fourth-order valence-corrected chi connectivity index (χ4v) is 3.37. The summed E-state index contributed by atoms with van der Waals surface area (Å²) in [4.78, 5) is 15.7. The molecule has 0 aromatic heterocycles. The van der Waals surface area contributed by atoms with Gasteiger partial charge in [-0.05, 0) is 48.9 Å². The van der Waals surface area contributed by atoms with E-state index in [0.29, 0.717) is 10.7 Å². The number of carbonyl (C=O) groups is 1. The Kier molecular flexibility index (Phi) is 15.3. The maximum atomic E-state index is 15.0. The van der Waals surface area contributed by atoms with E-state index >= 15 is 4.39 Å². The summed E-state index contributed by atoms with van der Waals surface area (Å²) in [7, 11) is 0. The van der Waals surface area contributed by atoms with E-state index in [1.807, 2.05) is 6.92 Å². The molecule has 0 saturated heterocycles. The van der Waals surface area contributed by atoms with Gasteiger partial charge in [0, 0.05) is 10.6 Å². The Labute approximate surface area is 242 Å². The zero-order valence-corrected chi connectivity index (χ0v) is 23.7. The standard InChI is InChI=1S/C22H14Cl3FN2O2.2C2H4.Na/c1-12-3-6-19(18(25)7-12)28-20(29)8-13-4-5-17(24)22(21(13)26)30-16-10-14(23)9-15(11-16)27-2;2*1-2;/h3-7,9-11H,8H2,1H3,(H,28,29);2*1-2H2;/q;;;+1. The molecule has 0 radical (unpaired) electrons. The van der Waals surface area contributed by atoms with Crippen molar-refractivity contribution in [2.45, 2.75) is 13.3 Å². The molecular formula is C26H22Cl3FN2NaO2+. The van der Waals surface area contributed by atoms with Crippen molar-refractivity contribution in [3.8, 4) is 11.5 Å². The summed E-state index contributed by atoms with van der Waals surface area (Å²) in [5.41, 5.74) is 1.71. The Hall–Kier alpha value is -2.30. The number of benzene rings is 3. The van der Waals surface area contributed by atoms with Gasteiger partial charge in [-0.25, -0.2) is 9.24 Å². The van der Waals surface area contributed by atoms with Crippen LogP contribution in [0.15, 0.2) is 74.8 Å². The molecule has 0 unspecified atom stereocenters. The zero-order valence-electron chi connectivity index (χ0n) is 19.4. The molecule has 0 aliphatic rings. The van der Waals surface area contributed by atoms with Crippen LogP contribution in [0.3, 0.4) is 0 Å². The molecule has 1 N–H and O–H groups in total. The Bertz CT molecular complexity index is 1210. The number of carbonyl (C=O) groups excluding carboxylic acids is 1. The topological polar surface area (TPSA) is 42.7 Å². The van der Waals surface area contributed by atoms with E-state index in [1.165, 1.54) is 30.3 Å². The van der Waals surface area contributed by atoms with E-state index < -0.39 is 11.7 Å². The minimum atomic E-state index is -0.781. The second-order valence-electron chi connectivity index (χ2n) is 6.42. The van der Waals surface area contributed by atoms with Crippen molar-refractivity contribution < 1.29 is 43.5 Å². The Morgan fingerprint density at radius 2 is 1.69 bits per heavy atom. The van der Waals surface area contributed by atoms with E-state index in [-0.39, 0.29) is 68.8 Å². The summed E-state index contributed by atoms with van der Waals surface area (Å²) < 4.78 is 20.6. The van der Waals surface area contributed by atoms with Crippen molar-refractivity contribution in [1.82, 2.24) is 0 Å². The Balaban J connectivity index is 0.00000220. The predicted molar refractivity (Wildman–Crippen MR) is 140 cm³/mol. The smallest absolute Gasteiger partial charge is 0.454 e. The first-order chi connectivity index (χ1) is 16.3. The molecule has 0 saturated carbocycles. The average Bonchev–Trinajstić information content (AvgIpc) is 2.82. The molecule has 0 aliphatic heterocycles. The third-order valence-corrected chi connectivity index (χ3v) is 4.91. The van der Waals surface area contributed by atoms with E-state index in [0.717, 1.165) is 5.56 Å². The van der Waals surface area contributed by atoms with Gasteiger partial charge in [0.15, 0.2) is 17.3 Å². The molecule has 0 spiro atoms. The van der Waals surface area contributed by atoms with Crippen molar-refractivity contribution >= 4 is 52.1 Å². The molecule has 3 aromatic rings. The van der Waals surface area contributed by atoms with Crippen LogP contribution in [0.4, 0.5) is 15.8 Å². The summed E-state index contributed by atoms with van der Waals surface area (Å²) in [5.74, 6) is -1.33. The van der Waals surface area contributed by atoms with Gasteiger partial charge in [0.05, 0.1) is 28.7 Å². The van der Waals surface area contributed by atoms with E-state index in [9.17, 15) is 4.79 Å². The first kappa shape index (κ1) is 32.7. The van der Waals surface area contributed by atoms with Crippen LogP contribution in [0.1, 0.15) is 11.1 Å². The van der Waals surface area contributed by atoms with E-state index in [4.69, 9.17) is 46.1 Å². The quantitative estimate of drug-likeness (QED) is 0.236. The molecule has 0 bridgehead atoms. The van der Waals surface area contributed by atoms with Crippen molar-refractivity contribution in [3.05, 3.63) is 118 Å². The third kappa shape index (κ3) is 9.70. The van der Waals surface area contributed by atoms with Crippen molar-refractivity contribution in [2.75, 3.05) is 5.32 Å². The number of ether oxygens (including phenoxy) is 1. The Morgan fingerprint density at radius 3 is 2.29 bits per heavy atom. The van der Waals surface area contributed by atoms with Crippen LogP contribution in [-0.2, 0) is 11.2 Å². The zero-order chi connectivity index (χ0) is 25.8. The van der Waals surface area contributed by atoms with Gasteiger partial charge < -0.3 is 10.1 Å². The molecule has 176 valence electrons. The van der Waals surface area contributed by atoms with Gasteiger partial charge in [0.25, 0.3) is 0 Å². The second-order valence-corrected chi connectivity index (χ2v) is 7.67. The fourth-order valence-electron chi connectivity index (χ4n) is 2.68. The summed E-state index contributed by atoms with van der Waals surface area (Å²) >= 11 is 18.2. The SMILES string of the molecule is C=C.C=C.[C-]#[N+]c1cc(Cl)cc(Oc2c(Cl)ccc(CC(=O)Nc3ccc(C)cc3Cl)c2F)c1.[Na+]. The summed E-state index contributed by atoms with van der Waals surface area (Å²) in [5, 5.41) is 3.33. The predicted octanol–water partition coefficient (Wildman–Crippen LogP) is 6.23. The Morgan fingerprint density at radius 1 is 1.03 bits per heavy atom. The van der Waals surface area contributed by atoms with Gasteiger partial charge in [-0.3, -0.25) is 4.79 Å². The normalized spacial score (nSPS) is 9.14. The molecule has 35 heavy (non-hydrogen) atoms. The minimum absolute atomic E-state index is 0. The van der Waals surface area contributed by atoms with E-state index in [2.05, 4.69) is 36.5 Å².